The van der Waals surface area contributed by atoms with E-state index < -0.39 is 5.97 Å². The summed E-state index contributed by atoms with van der Waals surface area (Å²) in [7, 11) is 0. The maximum absolute atomic E-state index is 11.5. The lowest BCUT2D eigenvalue weighted by Gasteiger charge is -2.29. The first kappa shape index (κ1) is 12.9. The zero-order valence-electron chi connectivity index (χ0n) is 12.2. The van der Waals surface area contributed by atoms with Gasteiger partial charge < -0.3 is 9.67 Å². The molecular weight excluding hydrogens is 264 g/mol. The fraction of sp³-hybridized carbons (Fsp3) is 0.529. The number of benzene rings is 1. The number of para-hydroxylation sites is 1. The highest BCUT2D eigenvalue weighted by molar-refractivity contribution is 6.01. The Hall–Kier alpha value is -1.84. The summed E-state index contributed by atoms with van der Waals surface area (Å²) in [4.78, 5) is 15.9. The van der Waals surface area contributed by atoms with Crippen LogP contribution in [0.15, 0.2) is 24.5 Å². The number of rotatable bonds is 3. The minimum absolute atomic E-state index is 0.325. The fourth-order valence-electron chi connectivity index (χ4n) is 4.66. The Labute approximate surface area is 123 Å². The summed E-state index contributed by atoms with van der Waals surface area (Å²) in [6.07, 6.45) is 7.22. The molecule has 1 aromatic heterocycles. The van der Waals surface area contributed by atoms with Gasteiger partial charge in [-0.25, -0.2) is 9.78 Å². The number of fused-ring (bicyclic) bond motifs is 3. The van der Waals surface area contributed by atoms with Crippen LogP contribution in [0.3, 0.4) is 0 Å². The normalized spacial score (nSPS) is 29.1. The molecular formula is C17H20N2O2. The Morgan fingerprint density at radius 3 is 2.90 bits per heavy atom. The van der Waals surface area contributed by atoms with Gasteiger partial charge in [0.1, 0.15) is 0 Å². The molecule has 1 heterocycles. The monoisotopic (exact) mass is 284 g/mol. The number of carboxylic acids is 1. The average molecular weight is 284 g/mol. The molecule has 1 aromatic carbocycles. The maximum atomic E-state index is 11.5. The number of hydrogen-bond donors (Lipinski definition) is 1. The van der Waals surface area contributed by atoms with Crippen molar-refractivity contribution >= 4 is 17.0 Å². The van der Waals surface area contributed by atoms with Gasteiger partial charge in [-0.1, -0.05) is 12.5 Å². The van der Waals surface area contributed by atoms with E-state index in [-0.39, 0.29) is 0 Å². The number of aromatic carboxylic acids is 1. The van der Waals surface area contributed by atoms with Crippen LogP contribution >= 0.6 is 0 Å². The summed E-state index contributed by atoms with van der Waals surface area (Å²) in [6.45, 7) is 2.23. The topological polar surface area (TPSA) is 55.1 Å². The molecule has 4 nitrogen and oxygen atoms in total. The molecule has 2 bridgehead atoms. The zero-order valence-corrected chi connectivity index (χ0v) is 12.2. The molecule has 4 atom stereocenters. The quantitative estimate of drug-likeness (QED) is 0.934. The van der Waals surface area contributed by atoms with Crippen LogP contribution in [-0.4, -0.2) is 20.6 Å². The van der Waals surface area contributed by atoms with Gasteiger partial charge in [-0.15, -0.1) is 0 Å². The summed E-state index contributed by atoms with van der Waals surface area (Å²) in [5.74, 6) is 1.51. The van der Waals surface area contributed by atoms with Crippen LogP contribution in [-0.2, 0) is 0 Å². The first-order chi connectivity index (χ1) is 10.1. The fourth-order valence-corrected chi connectivity index (χ4v) is 4.66. The van der Waals surface area contributed by atoms with E-state index in [4.69, 9.17) is 0 Å². The number of hydrogen-bond acceptors (Lipinski definition) is 2. The van der Waals surface area contributed by atoms with Crippen molar-refractivity contribution in [2.24, 2.45) is 17.8 Å². The van der Waals surface area contributed by atoms with Gasteiger partial charge in [-0.05, 0) is 56.1 Å². The van der Waals surface area contributed by atoms with Gasteiger partial charge in [0.15, 0.2) is 0 Å². The lowest BCUT2D eigenvalue weighted by Crippen LogP contribution is -2.22. The third-order valence-corrected chi connectivity index (χ3v) is 5.68. The van der Waals surface area contributed by atoms with Crippen LogP contribution in [0.4, 0.5) is 0 Å². The van der Waals surface area contributed by atoms with Crippen molar-refractivity contribution in [1.82, 2.24) is 9.55 Å². The third kappa shape index (κ3) is 1.88. The highest BCUT2D eigenvalue weighted by Gasteiger charge is 2.42. The molecule has 0 spiro atoms. The standard InChI is InChI=1S/C17H20N2O2/c1-10(14-8-11-5-6-12(14)7-11)19-9-18-15-4-2-3-13(16(15)19)17(20)21/h2-4,9-12,14H,5-8H2,1H3,(H,20,21). The second-order valence-electron chi connectivity index (χ2n) is 6.71. The van der Waals surface area contributed by atoms with Crippen LogP contribution in [0.5, 0.6) is 0 Å². The van der Waals surface area contributed by atoms with Crippen molar-refractivity contribution < 1.29 is 9.90 Å². The molecule has 4 rings (SSSR count). The van der Waals surface area contributed by atoms with Gasteiger partial charge in [-0.3, -0.25) is 0 Å². The molecule has 0 radical (unpaired) electrons. The second-order valence-corrected chi connectivity index (χ2v) is 6.71. The molecule has 110 valence electrons. The van der Waals surface area contributed by atoms with E-state index in [0.717, 1.165) is 22.9 Å². The van der Waals surface area contributed by atoms with Crippen LogP contribution in [0.25, 0.3) is 11.0 Å². The smallest absolute Gasteiger partial charge is 0.337 e. The highest BCUT2D eigenvalue weighted by atomic mass is 16.4. The number of carboxylic acid groups (broad SMARTS) is 1. The molecule has 2 aliphatic carbocycles. The van der Waals surface area contributed by atoms with Crippen molar-refractivity contribution in [3.8, 4) is 0 Å². The van der Waals surface area contributed by atoms with E-state index in [9.17, 15) is 9.90 Å². The van der Waals surface area contributed by atoms with Gasteiger partial charge in [0.25, 0.3) is 0 Å². The summed E-state index contributed by atoms with van der Waals surface area (Å²) >= 11 is 0. The Kier molecular flexibility index (Phi) is 2.81. The van der Waals surface area contributed by atoms with Crippen molar-refractivity contribution in [2.45, 2.75) is 38.6 Å². The second kappa shape index (κ2) is 4.58. The van der Waals surface area contributed by atoms with Crippen molar-refractivity contribution in [3.05, 3.63) is 30.1 Å². The molecule has 0 aliphatic heterocycles. The zero-order chi connectivity index (χ0) is 14.6. The van der Waals surface area contributed by atoms with Crippen LogP contribution < -0.4 is 0 Å². The predicted octanol–water partition coefficient (Wildman–Crippen LogP) is 3.73. The first-order valence-electron chi connectivity index (χ1n) is 7.84. The molecule has 2 aliphatic rings. The molecule has 21 heavy (non-hydrogen) atoms. The van der Waals surface area contributed by atoms with Crippen LogP contribution in [0, 0.1) is 17.8 Å². The Balaban J connectivity index is 1.78. The van der Waals surface area contributed by atoms with Gasteiger partial charge in [-0.2, -0.15) is 0 Å². The summed E-state index contributed by atoms with van der Waals surface area (Å²) in [6, 6.07) is 5.67. The largest absolute Gasteiger partial charge is 0.478 e. The van der Waals surface area contributed by atoms with Gasteiger partial charge in [0.05, 0.1) is 22.9 Å². The van der Waals surface area contributed by atoms with Crippen molar-refractivity contribution in [2.75, 3.05) is 0 Å². The van der Waals surface area contributed by atoms with Gasteiger partial charge >= 0.3 is 5.97 Å². The number of carbonyl (C=O) groups is 1. The lowest BCUT2D eigenvalue weighted by atomic mass is 9.84. The lowest BCUT2D eigenvalue weighted by molar-refractivity contribution is 0.0698. The van der Waals surface area contributed by atoms with Gasteiger partial charge in [0, 0.05) is 6.04 Å². The predicted molar refractivity (Wildman–Crippen MR) is 80.3 cm³/mol. The Morgan fingerprint density at radius 2 is 2.24 bits per heavy atom. The highest BCUT2D eigenvalue weighted by Crippen LogP contribution is 2.52. The van der Waals surface area contributed by atoms with E-state index >= 15 is 0 Å². The van der Waals surface area contributed by atoms with Crippen LogP contribution in [0.1, 0.15) is 49.0 Å². The van der Waals surface area contributed by atoms with E-state index in [0.29, 0.717) is 17.5 Å². The molecule has 2 fully saturated rings. The average Bonchev–Trinajstić information content (AvgIpc) is 3.20. The maximum Gasteiger partial charge on any atom is 0.337 e. The Bertz CT molecular complexity index is 706. The molecule has 4 heteroatoms. The van der Waals surface area contributed by atoms with E-state index in [1.54, 1.807) is 12.1 Å². The summed E-state index contributed by atoms with van der Waals surface area (Å²) in [5, 5.41) is 9.44. The SMILES string of the molecule is CC(C1CC2CCC1C2)n1cnc2cccc(C(=O)O)c21. The Morgan fingerprint density at radius 1 is 1.38 bits per heavy atom. The molecule has 4 unspecified atom stereocenters. The summed E-state index contributed by atoms with van der Waals surface area (Å²) in [5.41, 5.74) is 1.92. The number of nitrogens with zero attached hydrogens (tertiary/aromatic N) is 2. The third-order valence-electron chi connectivity index (χ3n) is 5.68. The van der Waals surface area contributed by atoms with Crippen LogP contribution in [0.2, 0.25) is 0 Å². The van der Waals surface area contributed by atoms with Crippen molar-refractivity contribution in [3.63, 3.8) is 0 Å². The molecule has 0 amide bonds. The van der Waals surface area contributed by atoms with E-state index in [2.05, 4.69) is 16.5 Å². The first-order valence-corrected chi connectivity index (χ1v) is 7.84. The van der Waals surface area contributed by atoms with Gasteiger partial charge in [0.2, 0.25) is 0 Å². The molecule has 2 saturated carbocycles. The molecule has 1 N–H and O–H groups in total. The minimum Gasteiger partial charge on any atom is -0.478 e. The van der Waals surface area contributed by atoms with E-state index in [1.807, 2.05) is 12.4 Å². The van der Waals surface area contributed by atoms with Crippen molar-refractivity contribution in [1.29, 1.82) is 0 Å². The summed E-state index contributed by atoms with van der Waals surface area (Å²) < 4.78 is 2.10. The molecule has 0 saturated heterocycles. The number of imidazole rings is 1. The minimum atomic E-state index is -0.873. The molecule has 2 aromatic rings. The van der Waals surface area contributed by atoms with E-state index in [1.165, 1.54) is 25.7 Å². The number of aromatic nitrogens is 2.